The summed E-state index contributed by atoms with van der Waals surface area (Å²) < 4.78 is 35.7. The monoisotopic (exact) mass is 477 g/mol. The molecule has 0 atom stereocenters. The van der Waals surface area contributed by atoms with Gasteiger partial charge in [0.15, 0.2) is 17.2 Å². The van der Waals surface area contributed by atoms with Gasteiger partial charge in [0.2, 0.25) is 16.8 Å². The normalized spacial score (nSPS) is 11.0. The molecule has 0 aliphatic heterocycles. The van der Waals surface area contributed by atoms with Gasteiger partial charge in [0, 0.05) is 0 Å². The third kappa shape index (κ3) is 5.57. The molecule has 0 spiro atoms. The predicted molar refractivity (Wildman–Crippen MR) is 128 cm³/mol. The van der Waals surface area contributed by atoms with Crippen molar-refractivity contribution in [3.05, 3.63) is 72.8 Å². The summed E-state index contributed by atoms with van der Waals surface area (Å²) in [6.07, 6.45) is 0. The van der Waals surface area contributed by atoms with Crippen LogP contribution < -0.4 is 28.6 Å². The van der Waals surface area contributed by atoms with Gasteiger partial charge >= 0.3 is 7.94 Å². The summed E-state index contributed by atoms with van der Waals surface area (Å²) in [5.41, 5.74) is 0. The van der Waals surface area contributed by atoms with E-state index in [9.17, 15) is 0 Å². The Morgan fingerprint density at radius 1 is 0.562 bits per heavy atom. The fourth-order valence-electron chi connectivity index (χ4n) is 3.00. The van der Waals surface area contributed by atoms with E-state index in [0.29, 0.717) is 53.9 Å². The van der Waals surface area contributed by atoms with Crippen LogP contribution in [0.15, 0.2) is 72.8 Å². The van der Waals surface area contributed by atoms with Gasteiger partial charge in [-0.1, -0.05) is 36.4 Å². The van der Waals surface area contributed by atoms with Crippen molar-refractivity contribution in [2.75, 3.05) is 19.8 Å². The second-order valence-electron chi connectivity index (χ2n) is 6.41. The first-order valence-electron chi connectivity index (χ1n) is 10.4. The van der Waals surface area contributed by atoms with Crippen molar-refractivity contribution in [3.63, 3.8) is 0 Å². The topological polar surface area (TPSA) is 55.4 Å². The minimum absolute atomic E-state index is 0.434. The lowest BCUT2D eigenvalue weighted by Gasteiger charge is -2.22. The summed E-state index contributed by atoms with van der Waals surface area (Å²) in [4.78, 5) is 0. The van der Waals surface area contributed by atoms with Gasteiger partial charge in [-0.25, -0.2) is 0 Å². The molecule has 0 aromatic heterocycles. The van der Waals surface area contributed by atoms with Gasteiger partial charge in [-0.15, -0.1) is 0 Å². The second-order valence-corrected chi connectivity index (χ2v) is 8.80. The van der Waals surface area contributed by atoms with Gasteiger partial charge in [-0.3, -0.25) is 9.05 Å². The highest BCUT2D eigenvalue weighted by Crippen LogP contribution is 2.64. The minimum atomic E-state index is -3.46. The highest BCUT2D eigenvalue weighted by molar-refractivity contribution is 7.71. The van der Waals surface area contributed by atoms with Crippen LogP contribution in [0.4, 0.5) is 0 Å². The first-order valence-corrected chi connectivity index (χ1v) is 12.3. The van der Waals surface area contributed by atoms with Crippen LogP contribution in [0.1, 0.15) is 20.8 Å². The maximum absolute atomic E-state index is 6.42. The third-order valence-corrected chi connectivity index (χ3v) is 6.85. The van der Waals surface area contributed by atoms with Crippen LogP contribution >= 0.6 is 19.8 Å². The SMILES string of the molecule is CCOc1ccccc1O[P+](OCl)(Oc1ccccc1OCC)c1ccccc1OCC. The van der Waals surface area contributed by atoms with Crippen molar-refractivity contribution < 1.29 is 27.3 Å². The Kier molecular flexibility index (Phi) is 8.86. The van der Waals surface area contributed by atoms with Gasteiger partial charge in [-0.05, 0) is 61.2 Å². The van der Waals surface area contributed by atoms with Crippen molar-refractivity contribution in [3.8, 4) is 28.7 Å². The number of rotatable bonds is 12. The molecule has 0 fully saturated rings. The number of benzene rings is 3. The fourth-order valence-corrected chi connectivity index (χ4v) is 5.26. The van der Waals surface area contributed by atoms with Crippen LogP contribution in [0.2, 0.25) is 0 Å². The molecule has 6 nitrogen and oxygen atoms in total. The van der Waals surface area contributed by atoms with Crippen LogP contribution in [-0.4, -0.2) is 19.8 Å². The van der Waals surface area contributed by atoms with E-state index in [1.807, 2.05) is 81.4 Å². The highest BCUT2D eigenvalue weighted by atomic mass is 35.5. The molecule has 0 bridgehead atoms. The number of hydrogen-bond acceptors (Lipinski definition) is 6. The molecule has 0 N–H and O–H groups in total. The molecule has 170 valence electrons. The van der Waals surface area contributed by atoms with E-state index in [4.69, 9.17) is 39.2 Å². The minimum Gasteiger partial charge on any atom is -0.490 e. The Bertz CT molecular complexity index is 948. The zero-order valence-electron chi connectivity index (χ0n) is 18.3. The Hall–Kier alpha value is -2.66. The summed E-state index contributed by atoms with van der Waals surface area (Å²) in [7, 11) is -3.46. The Balaban J connectivity index is 2.15. The Labute approximate surface area is 194 Å². The summed E-state index contributed by atoms with van der Waals surface area (Å²) in [6.45, 7) is 7.08. The van der Waals surface area contributed by atoms with E-state index in [1.165, 1.54) is 0 Å². The van der Waals surface area contributed by atoms with Crippen molar-refractivity contribution in [2.45, 2.75) is 20.8 Å². The summed E-state index contributed by atoms with van der Waals surface area (Å²) in [5.74, 6) is 2.51. The van der Waals surface area contributed by atoms with Crippen LogP contribution in [0.3, 0.4) is 0 Å². The lowest BCUT2D eigenvalue weighted by molar-refractivity contribution is 0.305. The molecule has 3 rings (SSSR count). The van der Waals surface area contributed by atoms with Crippen LogP contribution in [0.25, 0.3) is 0 Å². The molecule has 0 aliphatic carbocycles. The van der Waals surface area contributed by atoms with Gasteiger partial charge < -0.3 is 14.2 Å². The van der Waals surface area contributed by atoms with Gasteiger partial charge in [-0.2, -0.15) is 0 Å². The Morgan fingerprint density at radius 2 is 0.938 bits per heavy atom. The van der Waals surface area contributed by atoms with Crippen molar-refractivity contribution in [2.24, 2.45) is 0 Å². The molecule has 8 heteroatoms. The number of para-hydroxylation sites is 5. The summed E-state index contributed by atoms with van der Waals surface area (Å²) in [5, 5.41) is 0.550. The number of halogens is 1. The lowest BCUT2D eigenvalue weighted by Crippen LogP contribution is -2.24. The van der Waals surface area contributed by atoms with Crippen molar-refractivity contribution >= 4 is 25.1 Å². The zero-order valence-corrected chi connectivity index (χ0v) is 20.0. The maximum atomic E-state index is 6.42. The van der Waals surface area contributed by atoms with E-state index < -0.39 is 7.94 Å². The van der Waals surface area contributed by atoms with Crippen LogP contribution in [-0.2, 0) is 4.08 Å². The molecule has 32 heavy (non-hydrogen) atoms. The molecule has 0 amide bonds. The molecular formula is C24H27ClO6P+. The molecule has 0 saturated heterocycles. The first kappa shape index (κ1) is 24.0. The molecule has 0 saturated carbocycles. The standard InChI is InChI=1S/C24H27ClO6P/c1-4-26-19-13-7-9-15-21(19)29-32(31-25,24-18-12-11-17-23(24)28-6-3)30-22-16-10-8-14-20(22)27-5-2/h7-18H,4-6H2,1-3H3/q+1. The van der Waals surface area contributed by atoms with Gasteiger partial charge in [0.25, 0.3) is 0 Å². The van der Waals surface area contributed by atoms with Crippen LogP contribution in [0.5, 0.6) is 28.7 Å². The predicted octanol–water partition coefficient (Wildman–Crippen LogP) is 6.60. The van der Waals surface area contributed by atoms with Gasteiger partial charge in [0.1, 0.15) is 11.9 Å². The quantitative estimate of drug-likeness (QED) is 0.274. The van der Waals surface area contributed by atoms with E-state index in [0.717, 1.165) is 0 Å². The summed E-state index contributed by atoms with van der Waals surface area (Å²) >= 11 is 6.15. The molecule has 0 radical (unpaired) electrons. The Morgan fingerprint density at radius 3 is 1.38 bits per heavy atom. The van der Waals surface area contributed by atoms with Crippen molar-refractivity contribution in [1.29, 1.82) is 0 Å². The third-order valence-electron chi connectivity index (χ3n) is 4.29. The maximum Gasteiger partial charge on any atom is 0.557 e. The van der Waals surface area contributed by atoms with E-state index in [1.54, 1.807) is 12.1 Å². The largest absolute Gasteiger partial charge is 0.557 e. The number of hydrogen-bond donors (Lipinski definition) is 0. The highest BCUT2D eigenvalue weighted by Gasteiger charge is 2.56. The second kappa shape index (κ2) is 11.8. The summed E-state index contributed by atoms with van der Waals surface area (Å²) in [6, 6.07) is 21.9. The number of ether oxygens (including phenoxy) is 3. The molecular weight excluding hydrogens is 451 g/mol. The lowest BCUT2D eigenvalue weighted by atomic mass is 10.3. The molecule has 0 unspecified atom stereocenters. The molecule has 0 heterocycles. The van der Waals surface area contributed by atoms with E-state index in [2.05, 4.69) is 0 Å². The molecule has 3 aromatic rings. The average Bonchev–Trinajstić information content (AvgIpc) is 2.82. The average molecular weight is 478 g/mol. The molecule has 0 aliphatic rings. The van der Waals surface area contributed by atoms with E-state index in [-0.39, 0.29) is 0 Å². The van der Waals surface area contributed by atoms with Crippen LogP contribution in [0, 0.1) is 0 Å². The molecule has 3 aromatic carbocycles. The van der Waals surface area contributed by atoms with Crippen molar-refractivity contribution in [1.82, 2.24) is 0 Å². The van der Waals surface area contributed by atoms with Gasteiger partial charge in [0.05, 0.1) is 19.8 Å². The fraction of sp³-hybridized carbons (Fsp3) is 0.250. The smallest absolute Gasteiger partial charge is 0.490 e. The first-order chi connectivity index (χ1) is 15.7. The van der Waals surface area contributed by atoms with E-state index >= 15 is 0 Å². The zero-order chi connectivity index (χ0) is 22.8.